The molecule has 0 spiro atoms. The summed E-state index contributed by atoms with van der Waals surface area (Å²) in [4.78, 5) is 21.3. The molecule has 0 aliphatic carbocycles. The molecule has 32 heavy (non-hydrogen) atoms. The number of carbonyl (C=O) groups is 1. The third-order valence-corrected chi connectivity index (χ3v) is 10.7. The number of hydrogen-bond acceptors (Lipinski definition) is 6. The maximum absolute atomic E-state index is 12.5. The molecule has 0 radical (unpaired) electrons. The summed E-state index contributed by atoms with van der Waals surface area (Å²) in [5.41, 5.74) is 1.34. The summed E-state index contributed by atoms with van der Waals surface area (Å²) in [6, 6.07) is 2.22. The largest absolute Gasteiger partial charge is 0.361 e. The number of carbonyl (C=O) groups excluding carboxylic acids is 1. The number of amides is 2. The van der Waals surface area contributed by atoms with Crippen LogP contribution in [-0.2, 0) is 21.5 Å². The number of halogens is 1. The Labute approximate surface area is 203 Å². The van der Waals surface area contributed by atoms with E-state index in [4.69, 9.17) is 4.74 Å². The number of sulfonamides is 1. The van der Waals surface area contributed by atoms with E-state index in [9.17, 15) is 13.2 Å². The van der Waals surface area contributed by atoms with Crippen molar-refractivity contribution in [2.45, 2.75) is 55.9 Å². The van der Waals surface area contributed by atoms with Gasteiger partial charge in [0.05, 0.1) is 22.0 Å². The molecule has 3 rings (SSSR count). The fourth-order valence-corrected chi connectivity index (χ4v) is 7.10. The van der Waals surface area contributed by atoms with Crippen LogP contribution in [0.15, 0.2) is 18.5 Å². The van der Waals surface area contributed by atoms with Gasteiger partial charge in [0.15, 0.2) is 11.5 Å². The normalized spacial score (nSPS) is 20.0. The quantitative estimate of drug-likeness (QED) is 0.152. The molecule has 1 fully saturated rings. The Kier molecular flexibility index (Phi) is 8.17. The topological polar surface area (TPSA) is 118 Å². The summed E-state index contributed by atoms with van der Waals surface area (Å²) in [7, 11) is -4.42. The van der Waals surface area contributed by atoms with Crippen molar-refractivity contribution < 1.29 is 17.9 Å². The van der Waals surface area contributed by atoms with E-state index in [0.29, 0.717) is 36.7 Å². The van der Waals surface area contributed by atoms with Crippen LogP contribution in [0.2, 0.25) is 25.7 Å². The lowest BCUT2D eigenvalue weighted by atomic mass is 10.3. The van der Waals surface area contributed by atoms with Gasteiger partial charge in [-0.3, -0.25) is 5.32 Å². The number of aromatic nitrogens is 3. The Morgan fingerprint density at radius 2 is 2.12 bits per heavy atom. The van der Waals surface area contributed by atoms with Gasteiger partial charge in [-0.2, -0.15) is 4.31 Å². The highest BCUT2D eigenvalue weighted by atomic mass is 127. The van der Waals surface area contributed by atoms with Crippen molar-refractivity contribution in [3.63, 3.8) is 0 Å². The van der Waals surface area contributed by atoms with Gasteiger partial charge in [-0.05, 0) is 25.5 Å². The maximum atomic E-state index is 12.5. The van der Waals surface area contributed by atoms with E-state index in [1.54, 1.807) is 6.92 Å². The zero-order valence-corrected chi connectivity index (χ0v) is 22.8. The highest BCUT2D eigenvalue weighted by Crippen LogP contribution is 2.27. The maximum Gasteiger partial charge on any atom is 0.320 e. The van der Waals surface area contributed by atoms with Crippen molar-refractivity contribution in [3.05, 3.63) is 18.5 Å². The van der Waals surface area contributed by atoms with Crippen LogP contribution in [0.5, 0.6) is 0 Å². The molecule has 2 unspecified atom stereocenters. The number of anilines is 1. The lowest BCUT2D eigenvalue weighted by Crippen LogP contribution is -2.45. The first-order chi connectivity index (χ1) is 15.0. The molecular formula is C19H31IN6O4SSi. The van der Waals surface area contributed by atoms with Gasteiger partial charge in [0.1, 0.15) is 12.2 Å². The predicted molar refractivity (Wildman–Crippen MR) is 136 cm³/mol. The van der Waals surface area contributed by atoms with Crippen LogP contribution in [-0.4, -0.2) is 70.4 Å². The number of rotatable bonds is 9. The van der Waals surface area contributed by atoms with Gasteiger partial charge in [0.2, 0.25) is 10.0 Å². The van der Waals surface area contributed by atoms with E-state index < -0.39 is 24.1 Å². The molecule has 3 heterocycles. The van der Waals surface area contributed by atoms with Crippen LogP contribution in [0.4, 0.5) is 10.6 Å². The molecule has 2 aromatic heterocycles. The number of hydrogen-bond donors (Lipinski definition) is 2. The van der Waals surface area contributed by atoms with Crippen molar-refractivity contribution in [2.75, 3.05) is 24.2 Å². The van der Waals surface area contributed by atoms with Crippen LogP contribution in [0.3, 0.4) is 0 Å². The van der Waals surface area contributed by atoms with Crippen LogP contribution in [0, 0.1) is 0 Å². The van der Waals surface area contributed by atoms with Gasteiger partial charge < -0.3 is 14.6 Å². The van der Waals surface area contributed by atoms with Gasteiger partial charge >= 0.3 is 6.03 Å². The van der Waals surface area contributed by atoms with E-state index in [1.165, 1.54) is 10.5 Å². The second kappa shape index (κ2) is 10.3. The summed E-state index contributed by atoms with van der Waals surface area (Å²) >= 11 is 2.06. The van der Waals surface area contributed by atoms with Crippen LogP contribution < -0.4 is 10.6 Å². The Hall–Kier alpha value is -1.29. The van der Waals surface area contributed by atoms with E-state index in [2.05, 4.69) is 62.8 Å². The summed E-state index contributed by atoms with van der Waals surface area (Å²) in [6.45, 7) is 10.1. The molecular weight excluding hydrogens is 563 g/mol. The van der Waals surface area contributed by atoms with Crippen molar-refractivity contribution in [1.29, 1.82) is 0 Å². The highest BCUT2D eigenvalue weighted by molar-refractivity contribution is 14.1. The average Bonchev–Trinajstić information content (AvgIpc) is 3.28. The van der Waals surface area contributed by atoms with Gasteiger partial charge in [-0.1, -0.05) is 42.2 Å². The van der Waals surface area contributed by atoms with Gasteiger partial charge in [-0.25, -0.2) is 23.2 Å². The summed E-state index contributed by atoms with van der Waals surface area (Å²) in [5, 5.41) is 5.55. The minimum absolute atomic E-state index is 0.0457. The van der Waals surface area contributed by atoms with Gasteiger partial charge in [0.25, 0.3) is 0 Å². The number of alkyl halides is 1. The van der Waals surface area contributed by atoms with Crippen molar-refractivity contribution >= 4 is 63.7 Å². The smallest absolute Gasteiger partial charge is 0.320 e. The predicted octanol–water partition coefficient (Wildman–Crippen LogP) is 3.05. The number of nitrogens with one attached hydrogen (secondary N) is 2. The fourth-order valence-electron chi connectivity index (χ4n) is 3.31. The number of urea groups is 1. The van der Waals surface area contributed by atoms with Crippen LogP contribution in [0.1, 0.15) is 13.3 Å². The lowest BCUT2D eigenvalue weighted by molar-refractivity contribution is 0.0899. The van der Waals surface area contributed by atoms with Crippen molar-refractivity contribution in [1.82, 2.24) is 24.2 Å². The Morgan fingerprint density at radius 1 is 1.38 bits per heavy atom. The summed E-state index contributed by atoms with van der Waals surface area (Å²) in [6.07, 6.45) is 3.93. The monoisotopic (exact) mass is 594 g/mol. The zero-order valence-electron chi connectivity index (χ0n) is 18.8. The first kappa shape index (κ1) is 25.3. The van der Waals surface area contributed by atoms with E-state index in [0.717, 1.165) is 12.7 Å². The SMILES string of the molecule is CCS(=O)(=O)N1CCC(NC(=O)Nc2cnc3c(ccn3COCC[Si](C)(C)C)n2)C1I. The molecule has 13 heteroatoms. The molecule has 2 N–H and O–H groups in total. The first-order valence-corrected chi connectivity index (χ1v) is 17.2. The van der Waals surface area contributed by atoms with Crippen molar-refractivity contribution in [2.24, 2.45) is 0 Å². The number of ether oxygens (including phenoxy) is 1. The Bertz CT molecular complexity index is 1060. The third-order valence-electron chi connectivity index (χ3n) is 5.24. The molecule has 1 aliphatic rings. The van der Waals surface area contributed by atoms with Crippen molar-refractivity contribution in [3.8, 4) is 0 Å². The number of fused-ring (bicyclic) bond motifs is 1. The highest BCUT2D eigenvalue weighted by Gasteiger charge is 2.39. The molecule has 1 aliphatic heterocycles. The molecule has 0 bridgehead atoms. The Balaban J connectivity index is 1.56. The second-order valence-electron chi connectivity index (χ2n) is 8.98. The average molecular weight is 595 g/mol. The lowest BCUT2D eigenvalue weighted by Gasteiger charge is -2.22. The van der Waals surface area contributed by atoms with E-state index >= 15 is 0 Å². The molecule has 0 aromatic carbocycles. The van der Waals surface area contributed by atoms with Gasteiger partial charge in [0, 0.05) is 27.4 Å². The Morgan fingerprint density at radius 3 is 2.81 bits per heavy atom. The molecule has 10 nitrogen and oxygen atoms in total. The van der Waals surface area contributed by atoms with Crippen LogP contribution in [0.25, 0.3) is 11.2 Å². The van der Waals surface area contributed by atoms with Crippen LogP contribution >= 0.6 is 22.6 Å². The molecule has 2 aromatic rings. The standard InChI is InChI=1S/C19H31IN6O4SSi/c1-5-31(28,29)26-9-7-14(17(26)20)23-19(27)24-16-12-21-18-15(22-16)6-8-25(18)13-30-10-11-32(2,3)4/h6,8,12,14,17H,5,7,9-11,13H2,1-4H3,(H2,22,23,24,27). The zero-order chi connectivity index (χ0) is 23.5. The molecule has 2 atom stereocenters. The van der Waals surface area contributed by atoms with E-state index in [1.807, 2.05) is 16.8 Å². The third kappa shape index (κ3) is 6.39. The van der Waals surface area contributed by atoms with E-state index in [-0.39, 0.29) is 15.8 Å². The molecule has 2 amide bonds. The molecule has 178 valence electrons. The first-order valence-electron chi connectivity index (χ1n) is 10.6. The minimum Gasteiger partial charge on any atom is -0.361 e. The fraction of sp³-hybridized carbons (Fsp3) is 0.632. The second-order valence-corrected chi connectivity index (χ2v) is 18.1. The molecule has 0 saturated carbocycles. The molecule has 1 saturated heterocycles. The number of nitrogens with zero attached hydrogens (tertiary/aromatic N) is 4. The minimum atomic E-state index is -3.29. The summed E-state index contributed by atoms with van der Waals surface area (Å²) in [5.74, 6) is 0.373. The van der Waals surface area contributed by atoms with Gasteiger partial charge in [-0.15, -0.1) is 0 Å². The summed E-state index contributed by atoms with van der Waals surface area (Å²) < 4.78 is 33.1.